The zero-order valence-corrected chi connectivity index (χ0v) is 15.8. The molecule has 140 valence electrons. The van der Waals surface area contributed by atoms with E-state index in [-0.39, 0.29) is 11.9 Å². The molecule has 1 aliphatic rings. The van der Waals surface area contributed by atoms with Gasteiger partial charge in [0.25, 0.3) is 0 Å². The lowest BCUT2D eigenvalue weighted by Crippen LogP contribution is -2.40. The molecular weight excluding hydrogens is 328 g/mol. The highest BCUT2D eigenvalue weighted by Crippen LogP contribution is 2.22. The highest BCUT2D eigenvalue weighted by Gasteiger charge is 2.22. The number of hydrogen-bond acceptors (Lipinski definition) is 4. The molecule has 1 heterocycles. The Kier molecular flexibility index (Phi) is 5.93. The Bertz CT molecular complexity index is 720. The summed E-state index contributed by atoms with van der Waals surface area (Å²) in [7, 11) is 3.69. The normalized spacial score (nSPS) is 16.0. The van der Waals surface area contributed by atoms with Crippen molar-refractivity contribution in [2.45, 2.75) is 44.7 Å². The van der Waals surface area contributed by atoms with Crippen LogP contribution in [0.3, 0.4) is 0 Å². The molecule has 0 bridgehead atoms. The fourth-order valence-electron chi connectivity index (χ4n) is 3.51. The van der Waals surface area contributed by atoms with Crippen molar-refractivity contribution < 1.29 is 9.53 Å². The van der Waals surface area contributed by atoms with E-state index in [1.54, 1.807) is 13.3 Å². The number of likely N-dealkylation sites (N-methyl/N-ethyl adjacent to an activating group) is 1. The van der Waals surface area contributed by atoms with Gasteiger partial charge in [-0.3, -0.25) is 9.69 Å². The first-order valence-electron chi connectivity index (χ1n) is 9.25. The van der Waals surface area contributed by atoms with Gasteiger partial charge in [0.15, 0.2) is 0 Å². The van der Waals surface area contributed by atoms with E-state index in [1.165, 1.54) is 25.7 Å². The van der Waals surface area contributed by atoms with E-state index in [1.807, 2.05) is 49.1 Å². The van der Waals surface area contributed by atoms with E-state index >= 15 is 0 Å². The Labute approximate surface area is 155 Å². The molecule has 3 rings (SSSR count). The third kappa shape index (κ3) is 4.43. The minimum atomic E-state index is -0.0773. The molecule has 0 spiro atoms. The lowest BCUT2D eigenvalue weighted by Gasteiger charge is -2.24. The van der Waals surface area contributed by atoms with E-state index in [4.69, 9.17) is 4.74 Å². The molecule has 1 aromatic carbocycles. The van der Waals surface area contributed by atoms with Gasteiger partial charge in [0.05, 0.1) is 31.6 Å². The quantitative estimate of drug-likeness (QED) is 0.829. The summed E-state index contributed by atoms with van der Waals surface area (Å²) in [5.74, 6) is 0.872. The van der Waals surface area contributed by atoms with Crippen molar-refractivity contribution in [2.75, 3.05) is 20.7 Å². The van der Waals surface area contributed by atoms with Crippen molar-refractivity contribution in [3.05, 3.63) is 42.2 Å². The van der Waals surface area contributed by atoms with Gasteiger partial charge in [-0.25, -0.2) is 4.68 Å². The SMILES string of the molecule is COc1ccc(-n2cc([C@@H](C)NC(=O)CN(C)C3CCCC3)cn2)cc1. The Hall–Kier alpha value is -2.34. The molecule has 0 unspecified atom stereocenters. The third-order valence-corrected chi connectivity index (χ3v) is 5.16. The van der Waals surface area contributed by atoms with Crippen LogP contribution >= 0.6 is 0 Å². The predicted molar refractivity (Wildman–Crippen MR) is 102 cm³/mol. The van der Waals surface area contributed by atoms with Crippen molar-refractivity contribution in [1.29, 1.82) is 0 Å². The maximum absolute atomic E-state index is 12.3. The summed E-state index contributed by atoms with van der Waals surface area (Å²) in [5, 5.41) is 7.49. The van der Waals surface area contributed by atoms with Gasteiger partial charge in [-0.2, -0.15) is 5.10 Å². The molecule has 2 aromatic rings. The molecule has 6 heteroatoms. The van der Waals surface area contributed by atoms with Crippen LogP contribution in [0.2, 0.25) is 0 Å². The lowest BCUT2D eigenvalue weighted by molar-refractivity contribution is -0.123. The summed E-state index contributed by atoms with van der Waals surface area (Å²) in [6, 6.07) is 8.19. The minimum absolute atomic E-state index is 0.0593. The van der Waals surface area contributed by atoms with Crippen LogP contribution in [-0.4, -0.2) is 47.3 Å². The molecule has 1 atom stereocenters. The molecule has 1 amide bonds. The van der Waals surface area contributed by atoms with Gasteiger partial charge in [0, 0.05) is 17.8 Å². The summed E-state index contributed by atoms with van der Waals surface area (Å²) in [4.78, 5) is 14.5. The first-order chi connectivity index (χ1) is 12.6. The number of methoxy groups -OCH3 is 1. The smallest absolute Gasteiger partial charge is 0.234 e. The number of ether oxygens (including phenoxy) is 1. The summed E-state index contributed by atoms with van der Waals surface area (Å²) in [5.41, 5.74) is 1.94. The van der Waals surface area contributed by atoms with E-state index in [0.717, 1.165) is 17.0 Å². The summed E-state index contributed by atoms with van der Waals surface area (Å²) in [6.07, 6.45) is 8.71. The zero-order chi connectivity index (χ0) is 18.5. The first kappa shape index (κ1) is 18.5. The number of hydrogen-bond donors (Lipinski definition) is 1. The summed E-state index contributed by atoms with van der Waals surface area (Å²) >= 11 is 0. The van der Waals surface area contributed by atoms with Gasteiger partial charge < -0.3 is 10.1 Å². The third-order valence-electron chi connectivity index (χ3n) is 5.16. The molecule has 1 saturated carbocycles. The molecule has 1 N–H and O–H groups in total. The molecule has 1 aromatic heterocycles. The van der Waals surface area contributed by atoms with Crippen molar-refractivity contribution >= 4 is 5.91 Å². The Morgan fingerprint density at radius 3 is 2.69 bits per heavy atom. The van der Waals surface area contributed by atoms with E-state index in [9.17, 15) is 4.79 Å². The summed E-state index contributed by atoms with van der Waals surface area (Å²) in [6.45, 7) is 2.43. The van der Waals surface area contributed by atoms with Crippen LogP contribution in [0.1, 0.15) is 44.2 Å². The number of carbonyl (C=O) groups excluding carboxylic acids is 1. The van der Waals surface area contributed by atoms with Crippen LogP contribution in [0.4, 0.5) is 0 Å². The second kappa shape index (κ2) is 8.36. The molecule has 1 fully saturated rings. The van der Waals surface area contributed by atoms with Crippen LogP contribution in [0.5, 0.6) is 5.75 Å². The van der Waals surface area contributed by atoms with E-state index < -0.39 is 0 Å². The number of rotatable bonds is 7. The first-order valence-corrected chi connectivity index (χ1v) is 9.25. The average Bonchev–Trinajstić information content (AvgIpc) is 3.33. The maximum Gasteiger partial charge on any atom is 0.234 e. The topological polar surface area (TPSA) is 59.4 Å². The van der Waals surface area contributed by atoms with Crippen LogP contribution in [0, 0.1) is 0 Å². The molecule has 1 aliphatic carbocycles. The fourth-order valence-corrected chi connectivity index (χ4v) is 3.51. The van der Waals surface area contributed by atoms with Crippen LogP contribution in [0.15, 0.2) is 36.7 Å². The molecule has 6 nitrogen and oxygen atoms in total. The Balaban J connectivity index is 1.56. The van der Waals surface area contributed by atoms with Crippen molar-refractivity contribution in [1.82, 2.24) is 20.0 Å². The van der Waals surface area contributed by atoms with E-state index in [2.05, 4.69) is 15.3 Å². The van der Waals surface area contributed by atoms with Crippen LogP contribution in [-0.2, 0) is 4.79 Å². The second-order valence-corrected chi connectivity index (χ2v) is 7.06. The van der Waals surface area contributed by atoms with Crippen molar-refractivity contribution in [3.8, 4) is 11.4 Å². The van der Waals surface area contributed by atoms with Gasteiger partial charge in [-0.1, -0.05) is 12.8 Å². The van der Waals surface area contributed by atoms with Gasteiger partial charge in [-0.05, 0) is 51.1 Å². The van der Waals surface area contributed by atoms with Gasteiger partial charge >= 0.3 is 0 Å². The van der Waals surface area contributed by atoms with E-state index in [0.29, 0.717) is 12.6 Å². The number of benzene rings is 1. The summed E-state index contributed by atoms with van der Waals surface area (Å²) < 4.78 is 6.99. The number of nitrogens with one attached hydrogen (secondary N) is 1. The van der Waals surface area contributed by atoms with Crippen molar-refractivity contribution in [2.24, 2.45) is 0 Å². The highest BCUT2D eigenvalue weighted by molar-refractivity contribution is 5.78. The largest absolute Gasteiger partial charge is 0.497 e. The fraction of sp³-hybridized carbons (Fsp3) is 0.500. The average molecular weight is 356 g/mol. The Morgan fingerprint density at radius 2 is 2.04 bits per heavy atom. The number of aromatic nitrogens is 2. The molecule has 26 heavy (non-hydrogen) atoms. The second-order valence-electron chi connectivity index (χ2n) is 7.06. The van der Waals surface area contributed by atoms with Gasteiger partial charge in [0.2, 0.25) is 5.91 Å². The monoisotopic (exact) mass is 356 g/mol. The zero-order valence-electron chi connectivity index (χ0n) is 15.8. The molecule has 0 saturated heterocycles. The van der Waals surface area contributed by atoms with Crippen LogP contribution < -0.4 is 10.1 Å². The van der Waals surface area contributed by atoms with Gasteiger partial charge in [-0.15, -0.1) is 0 Å². The Morgan fingerprint density at radius 1 is 1.35 bits per heavy atom. The number of nitrogens with zero attached hydrogens (tertiary/aromatic N) is 3. The standard InChI is InChI=1S/C20H28N4O2/c1-15(22-20(25)14-23(2)17-6-4-5-7-17)16-12-21-24(13-16)18-8-10-19(26-3)11-9-18/h8-13,15,17H,4-7,14H2,1-3H3,(H,22,25)/t15-/m1/s1. The molecule has 0 radical (unpaired) electrons. The minimum Gasteiger partial charge on any atom is -0.497 e. The molecule has 0 aliphatic heterocycles. The number of carbonyl (C=O) groups is 1. The number of amides is 1. The lowest BCUT2D eigenvalue weighted by atomic mass is 10.2. The molecular formula is C20H28N4O2. The highest BCUT2D eigenvalue weighted by atomic mass is 16.5. The van der Waals surface area contributed by atoms with Crippen LogP contribution in [0.25, 0.3) is 5.69 Å². The predicted octanol–water partition coefficient (Wildman–Crippen LogP) is 2.93. The maximum atomic E-state index is 12.3. The van der Waals surface area contributed by atoms with Crippen molar-refractivity contribution in [3.63, 3.8) is 0 Å². The van der Waals surface area contributed by atoms with Gasteiger partial charge in [0.1, 0.15) is 5.75 Å².